The number of ketones is 3. The van der Waals surface area contributed by atoms with Crippen LogP contribution in [-0.4, -0.2) is 141 Å². The number of Topliss-reactive ketones (excluding diaryl/α,β-unsaturated/α-hetero) is 3. The Bertz CT molecular complexity index is 2020. The fourth-order valence-corrected chi connectivity index (χ4v) is 10.7. The molecule has 2 saturated heterocycles. The van der Waals surface area contributed by atoms with Gasteiger partial charge in [0.15, 0.2) is 12.1 Å². The summed E-state index contributed by atoms with van der Waals surface area (Å²) in [5.41, 5.74) is 1.27. The Kier molecular flexibility index (Phi) is 20.8. The third-order valence-electron chi connectivity index (χ3n) is 15.1. The maximum atomic E-state index is 14.5. The predicted molar refractivity (Wildman–Crippen MR) is 256 cm³/mol. The first-order valence-electron chi connectivity index (χ1n) is 25.0. The van der Waals surface area contributed by atoms with Gasteiger partial charge in [0.2, 0.25) is 5.79 Å². The highest BCUT2D eigenvalue weighted by Crippen LogP contribution is 2.39. The number of aliphatic hydroxyl groups is 2. The van der Waals surface area contributed by atoms with Crippen LogP contribution in [0.5, 0.6) is 0 Å². The molecule has 1 saturated carbocycles. The molecule has 1 aliphatic carbocycles. The third kappa shape index (κ3) is 14.2. The monoisotopic (exact) mass is 966 g/mol. The molecule has 69 heavy (non-hydrogen) atoms. The van der Waals surface area contributed by atoms with E-state index in [9.17, 15) is 34.2 Å². The van der Waals surface area contributed by atoms with Gasteiger partial charge in [-0.2, -0.15) is 4.80 Å². The maximum Gasteiger partial charge on any atom is 0.329 e. The van der Waals surface area contributed by atoms with Crippen molar-refractivity contribution in [3.63, 3.8) is 0 Å². The van der Waals surface area contributed by atoms with Crippen LogP contribution < -0.4 is 0 Å². The summed E-state index contributed by atoms with van der Waals surface area (Å²) in [6, 6.07) is -1.24. The van der Waals surface area contributed by atoms with Crippen molar-refractivity contribution < 1.29 is 57.9 Å². The number of cyclic esters (lactones) is 1. The van der Waals surface area contributed by atoms with Crippen molar-refractivity contribution in [2.75, 3.05) is 27.9 Å². The third-order valence-corrected chi connectivity index (χ3v) is 15.1. The number of carbonyl (C=O) groups is 5. The molecule has 17 heteroatoms. The van der Waals surface area contributed by atoms with E-state index in [0.29, 0.717) is 56.9 Å². The minimum absolute atomic E-state index is 0.0168. The molecule has 5 rings (SSSR count). The normalized spacial score (nSPS) is 38.8. The molecule has 15 atom stereocenters. The number of ether oxygens (including phenoxy) is 5. The lowest BCUT2D eigenvalue weighted by molar-refractivity contribution is -0.265. The maximum absolute atomic E-state index is 14.5. The number of esters is 1. The van der Waals surface area contributed by atoms with E-state index in [-0.39, 0.29) is 60.9 Å². The van der Waals surface area contributed by atoms with E-state index in [0.717, 1.165) is 18.4 Å². The predicted octanol–water partition coefficient (Wildman–Crippen LogP) is 6.05. The molecule has 384 valence electrons. The summed E-state index contributed by atoms with van der Waals surface area (Å²) in [7, 11) is 4.61. The summed E-state index contributed by atoms with van der Waals surface area (Å²) in [6.07, 6.45) is 13.7. The molecule has 3 fully saturated rings. The molecule has 4 aliphatic rings. The SMILES string of the molecule is CO[C@H]1C[C@@H]2CC[C@@H](C)[C@@](O)(O2)C(=O)C(=O)N2CCCC[C@H]2C(=O)O[C@H]([C@H](C)C[C@H]2CC[C@@H](n3ncnn3)[C@H](OC)C2)CC(=O)[C@H](C)/C=C(\C)[C@@H](O)[C@@H](OC)C(=O)[C@H](C)C[C@H](C)/C=C/C=C/C=C/1C. The van der Waals surface area contributed by atoms with Gasteiger partial charge in [0.1, 0.15) is 30.1 Å². The summed E-state index contributed by atoms with van der Waals surface area (Å²) < 4.78 is 29.9. The van der Waals surface area contributed by atoms with Crippen molar-refractivity contribution in [1.82, 2.24) is 25.1 Å². The number of piperidine rings is 1. The average molecular weight is 966 g/mol. The molecule has 1 amide bonds. The Balaban J connectivity index is 1.46. The second-order valence-corrected chi connectivity index (χ2v) is 20.3. The molecule has 4 heterocycles. The van der Waals surface area contributed by atoms with Crippen LogP contribution in [0.1, 0.15) is 132 Å². The Morgan fingerprint density at radius 3 is 2.32 bits per heavy atom. The molecule has 2 N–H and O–H groups in total. The number of aromatic nitrogens is 4. The highest BCUT2D eigenvalue weighted by atomic mass is 16.6. The molecule has 0 unspecified atom stereocenters. The number of amides is 1. The van der Waals surface area contributed by atoms with Gasteiger partial charge in [-0.3, -0.25) is 19.2 Å². The van der Waals surface area contributed by atoms with E-state index in [2.05, 4.69) is 15.4 Å². The topological polar surface area (TPSA) is 219 Å². The lowest BCUT2D eigenvalue weighted by atomic mass is 9.77. The molecule has 0 radical (unpaired) electrons. The lowest BCUT2D eigenvalue weighted by Gasteiger charge is -2.42. The van der Waals surface area contributed by atoms with Gasteiger partial charge >= 0.3 is 5.97 Å². The first kappa shape index (κ1) is 55.7. The van der Waals surface area contributed by atoms with E-state index in [1.54, 1.807) is 45.9 Å². The van der Waals surface area contributed by atoms with Crippen molar-refractivity contribution in [2.45, 2.75) is 180 Å². The molecular formula is C52H79N5O12. The minimum Gasteiger partial charge on any atom is -0.460 e. The summed E-state index contributed by atoms with van der Waals surface area (Å²) in [5.74, 6) is -7.94. The fourth-order valence-electron chi connectivity index (χ4n) is 10.7. The highest BCUT2D eigenvalue weighted by molar-refractivity contribution is 6.39. The number of tetrazole rings is 1. The molecular weight excluding hydrogens is 887 g/mol. The first-order valence-corrected chi connectivity index (χ1v) is 25.0. The number of aliphatic hydroxyl groups excluding tert-OH is 1. The van der Waals surface area contributed by atoms with Crippen molar-refractivity contribution in [3.05, 3.63) is 53.9 Å². The molecule has 0 aromatic carbocycles. The number of nitrogens with zero attached hydrogens (tertiary/aromatic N) is 5. The number of carbonyl (C=O) groups excluding carboxylic acids is 5. The highest BCUT2D eigenvalue weighted by Gasteiger charge is 2.53. The zero-order valence-corrected chi connectivity index (χ0v) is 42.5. The Morgan fingerprint density at radius 2 is 1.64 bits per heavy atom. The van der Waals surface area contributed by atoms with Crippen LogP contribution in [0, 0.1) is 35.5 Å². The number of hydrogen-bond donors (Lipinski definition) is 2. The van der Waals surface area contributed by atoms with E-state index >= 15 is 0 Å². The summed E-state index contributed by atoms with van der Waals surface area (Å²) in [6.45, 7) is 12.8. The van der Waals surface area contributed by atoms with Crippen LogP contribution in [0.3, 0.4) is 0 Å². The first-order chi connectivity index (χ1) is 32.8. The van der Waals surface area contributed by atoms with Crippen LogP contribution in [0.2, 0.25) is 0 Å². The van der Waals surface area contributed by atoms with Crippen LogP contribution >= 0.6 is 0 Å². The molecule has 2 bridgehead atoms. The van der Waals surface area contributed by atoms with Crippen molar-refractivity contribution in [3.8, 4) is 0 Å². The van der Waals surface area contributed by atoms with E-state index in [1.165, 1.54) is 18.3 Å². The molecule has 0 spiro atoms. The van der Waals surface area contributed by atoms with Crippen LogP contribution in [0.25, 0.3) is 0 Å². The van der Waals surface area contributed by atoms with Crippen molar-refractivity contribution in [2.24, 2.45) is 35.5 Å². The standard InChI is InChI=1S/C52H79N5O12/c1-31-16-12-11-13-17-32(2)43(65-8)28-39-21-19-37(7)52(64,69-39)49(61)50(62)56-23-15-14-18-41(56)51(63)68-44(34(4)26-38-20-22-40(45(27-38)66-9)57-54-30-53-55-57)29-42(58)33(3)25-36(6)47(60)48(67-10)46(59)35(5)24-31/h11-13,16-17,25,30-31,33-35,37-41,43-45,47-48,60,64H,14-15,18-24,26-29H2,1-10H3/b13-11+,16-12+,32-17+,36-25+/t31-,33-,34-,35-,37-,38-,39+,40-,41+,43+,44+,45-,47-,48+,52-/m1/s1. The van der Waals surface area contributed by atoms with E-state index < -0.39 is 77.8 Å². The lowest BCUT2D eigenvalue weighted by Crippen LogP contribution is -2.61. The average Bonchev–Trinajstić information content (AvgIpc) is 3.88. The number of hydrogen-bond acceptors (Lipinski definition) is 15. The van der Waals surface area contributed by atoms with Gasteiger partial charge < -0.3 is 38.8 Å². The second-order valence-electron chi connectivity index (χ2n) is 20.3. The molecule has 3 aliphatic heterocycles. The Labute approximate surface area is 408 Å². The summed E-state index contributed by atoms with van der Waals surface area (Å²) in [5, 5.41) is 35.7. The van der Waals surface area contributed by atoms with Crippen molar-refractivity contribution in [1.29, 1.82) is 0 Å². The number of fused-ring (bicyclic) bond motifs is 3. The van der Waals surface area contributed by atoms with E-state index in [4.69, 9.17) is 23.7 Å². The Morgan fingerprint density at radius 1 is 0.884 bits per heavy atom. The molecule has 17 nitrogen and oxygen atoms in total. The van der Waals surface area contributed by atoms with Crippen LogP contribution in [0.4, 0.5) is 0 Å². The molecule has 1 aromatic heterocycles. The van der Waals surface area contributed by atoms with Crippen molar-refractivity contribution >= 4 is 29.2 Å². The summed E-state index contributed by atoms with van der Waals surface area (Å²) >= 11 is 0. The largest absolute Gasteiger partial charge is 0.460 e. The molecule has 1 aromatic rings. The zero-order chi connectivity index (χ0) is 50.6. The van der Waals surface area contributed by atoms with Gasteiger partial charge in [0, 0.05) is 58.5 Å². The smallest absolute Gasteiger partial charge is 0.329 e. The van der Waals surface area contributed by atoms with Crippen LogP contribution in [-0.2, 0) is 47.7 Å². The van der Waals surface area contributed by atoms with Gasteiger partial charge in [-0.15, -0.1) is 10.2 Å². The van der Waals surface area contributed by atoms with Gasteiger partial charge in [-0.05, 0) is 112 Å². The number of rotatable bonds is 7. The van der Waals surface area contributed by atoms with Crippen LogP contribution in [0.15, 0.2) is 53.9 Å². The quantitative estimate of drug-likeness (QED) is 0.181. The van der Waals surface area contributed by atoms with Gasteiger partial charge in [0.05, 0.1) is 24.4 Å². The fraction of sp³-hybridized carbons (Fsp3) is 0.731. The Hall–Kier alpha value is -4.26. The van der Waals surface area contributed by atoms with Gasteiger partial charge in [-0.1, -0.05) is 71.1 Å². The van der Waals surface area contributed by atoms with E-state index in [1.807, 2.05) is 58.1 Å². The number of methoxy groups -OCH3 is 3. The second kappa shape index (κ2) is 25.7. The summed E-state index contributed by atoms with van der Waals surface area (Å²) in [4.78, 5) is 73.9. The van der Waals surface area contributed by atoms with Gasteiger partial charge in [-0.25, -0.2) is 4.79 Å². The minimum atomic E-state index is -2.43. The zero-order valence-electron chi connectivity index (χ0n) is 42.5. The number of allylic oxidation sites excluding steroid dienone is 6. The van der Waals surface area contributed by atoms with Gasteiger partial charge in [0.25, 0.3) is 11.7 Å².